The molecular weight excluding hydrogens is 877 g/mol. The van der Waals surface area contributed by atoms with Crippen molar-refractivity contribution in [2.75, 3.05) is 13.2 Å². The summed E-state index contributed by atoms with van der Waals surface area (Å²) in [5, 5.41) is 0. The maximum absolute atomic E-state index is 12.9. The first-order valence-corrected chi connectivity index (χ1v) is 32.5. The minimum absolute atomic E-state index is 0.0605. The van der Waals surface area contributed by atoms with Crippen molar-refractivity contribution in [3.8, 4) is 0 Å². The molecule has 0 aromatic heterocycles. The molecule has 0 saturated carbocycles. The SMILES string of the molecule is CCCCCCCCCCCCCCCCCCCCCCC(=O)OCC(COC(=O)CCCCCCCCCCCCCCC)OC(=O)CCCCCCCCCCCCCCCCCCCCCC. The highest BCUT2D eigenvalue weighted by Gasteiger charge is 2.19. The molecule has 0 amide bonds. The molecule has 1 unspecified atom stereocenters. The number of carbonyl (C=O) groups is 3. The zero-order chi connectivity index (χ0) is 51.4. The summed E-state index contributed by atoms with van der Waals surface area (Å²) < 4.78 is 17.0. The van der Waals surface area contributed by atoms with Gasteiger partial charge in [0, 0.05) is 19.3 Å². The van der Waals surface area contributed by atoms with Gasteiger partial charge in [-0.2, -0.15) is 0 Å². The van der Waals surface area contributed by atoms with Gasteiger partial charge < -0.3 is 14.2 Å². The van der Waals surface area contributed by atoms with Gasteiger partial charge in [0.1, 0.15) is 13.2 Å². The molecule has 71 heavy (non-hydrogen) atoms. The van der Waals surface area contributed by atoms with Crippen LogP contribution in [-0.2, 0) is 28.6 Å². The van der Waals surface area contributed by atoms with E-state index in [0.717, 1.165) is 57.8 Å². The van der Waals surface area contributed by atoms with Crippen molar-refractivity contribution in [2.24, 2.45) is 0 Å². The molecule has 0 aromatic rings. The van der Waals surface area contributed by atoms with Gasteiger partial charge in [-0.1, -0.05) is 342 Å². The van der Waals surface area contributed by atoms with E-state index in [1.54, 1.807) is 0 Å². The van der Waals surface area contributed by atoms with E-state index in [1.165, 1.54) is 283 Å². The van der Waals surface area contributed by atoms with E-state index in [9.17, 15) is 14.4 Å². The average Bonchev–Trinajstić information content (AvgIpc) is 3.37. The van der Waals surface area contributed by atoms with E-state index in [0.29, 0.717) is 19.3 Å². The number of hydrogen-bond donors (Lipinski definition) is 0. The second-order valence-electron chi connectivity index (χ2n) is 22.4. The summed E-state index contributed by atoms with van der Waals surface area (Å²) in [6, 6.07) is 0. The van der Waals surface area contributed by atoms with Crippen LogP contribution in [0.2, 0.25) is 0 Å². The van der Waals surface area contributed by atoms with Crippen LogP contribution in [0.1, 0.15) is 380 Å². The molecule has 0 rings (SSSR count). The maximum atomic E-state index is 12.9. The van der Waals surface area contributed by atoms with Crippen LogP contribution in [-0.4, -0.2) is 37.2 Å². The summed E-state index contributed by atoms with van der Waals surface area (Å²) in [5.41, 5.74) is 0. The van der Waals surface area contributed by atoms with Gasteiger partial charge in [-0.05, 0) is 19.3 Å². The van der Waals surface area contributed by atoms with E-state index in [-0.39, 0.29) is 31.1 Å². The van der Waals surface area contributed by atoms with E-state index in [4.69, 9.17) is 14.2 Å². The summed E-state index contributed by atoms with van der Waals surface area (Å²) in [7, 11) is 0. The molecule has 0 saturated heterocycles. The number of rotatable bonds is 61. The minimum atomic E-state index is -0.762. The van der Waals surface area contributed by atoms with Gasteiger partial charge in [-0.3, -0.25) is 14.4 Å². The molecule has 0 bridgehead atoms. The van der Waals surface area contributed by atoms with Crippen molar-refractivity contribution in [3.05, 3.63) is 0 Å². The van der Waals surface area contributed by atoms with Crippen LogP contribution in [0.15, 0.2) is 0 Å². The zero-order valence-electron chi connectivity index (χ0n) is 48.5. The Bertz CT molecular complexity index is 1060. The van der Waals surface area contributed by atoms with Crippen LogP contribution in [0.5, 0.6) is 0 Å². The number of unbranched alkanes of at least 4 members (excludes halogenated alkanes) is 50. The van der Waals surface area contributed by atoms with Gasteiger partial charge in [0.2, 0.25) is 0 Å². The number of hydrogen-bond acceptors (Lipinski definition) is 6. The summed E-state index contributed by atoms with van der Waals surface area (Å²) in [4.78, 5) is 38.3. The topological polar surface area (TPSA) is 78.9 Å². The Kier molecular flexibility index (Phi) is 59.6. The Morgan fingerprint density at radius 2 is 0.380 bits per heavy atom. The molecule has 0 aliphatic carbocycles. The average molecular weight is 1000 g/mol. The van der Waals surface area contributed by atoms with E-state index in [1.807, 2.05) is 0 Å². The highest BCUT2D eigenvalue weighted by atomic mass is 16.6. The lowest BCUT2D eigenvalue weighted by Gasteiger charge is -2.18. The second kappa shape index (κ2) is 61.0. The lowest BCUT2D eigenvalue weighted by molar-refractivity contribution is -0.167. The highest BCUT2D eigenvalue weighted by molar-refractivity contribution is 5.71. The van der Waals surface area contributed by atoms with Crippen molar-refractivity contribution in [2.45, 2.75) is 386 Å². The van der Waals surface area contributed by atoms with E-state index >= 15 is 0 Å². The highest BCUT2D eigenvalue weighted by Crippen LogP contribution is 2.19. The maximum Gasteiger partial charge on any atom is 0.306 e. The fourth-order valence-electron chi connectivity index (χ4n) is 10.2. The molecule has 0 spiro atoms. The third-order valence-electron chi connectivity index (χ3n) is 15.1. The lowest BCUT2D eigenvalue weighted by Crippen LogP contribution is -2.30. The fraction of sp³-hybridized carbons (Fsp3) is 0.954. The first-order valence-electron chi connectivity index (χ1n) is 32.5. The lowest BCUT2D eigenvalue weighted by atomic mass is 10.0. The molecule has 0 N–H and O–H groups in total. The number of carbonyl (C=O) groups excluding carboxylic acids is 3. The van der Waals surface area contributed by atoms with Gasteiger partial charge in [-0.15, -0.1) is 0 Å². The molecule has 0 heterocycles. The van der Waals surface area contributed by atoms with Gasteiger partial charge in [-0.25, -0.2) is 0 Å². The Morgan fingerprint density at radius 3 is 0.563 bits per heavy atom. The summed E-state index contributed by atoms with van der Waals surface area (Å²) >= 11 is 0. The van der Waals surface area contributed by atoms with Gasteiger partial charge in [0.05, 0.1) is 0 Å². The van der Waals surface area contributed by atoms with Crippen LogP contribution in [0, 0.1) is 0 Å². The normalized spacial score (nSPS) is 11.9. The first kappa shape index (κ1) is 69.4. The van der Waals surface area contributed by atoms with Crippen molar-refractivity contribution in [1.82, 2.24) is 0 Å². The van der Waals surface area contributed by atoms with Crippen LogP contribution < -0.4 is 0 Å². The minimum Gasteiger partial charge on any atom is -0.462 e. The van der Waals surface area contributed by atoms with Gasteiger partial charge in [0.25, 0.3) is 0 Å². The molecule has 0 aliphatic heterocycles. The Labute approximate surface area is 444 Å². The monoisotopic (exact) mass is 1000 g/mol. The summed E-state index contributed by atoms with van der Waals surface area (Å²) in [6.07, 6.45) is 69.7. The first-order chi connectivity index (χ1) is 35.0. The van der Waals surface area contributed by atoms with Gasteiger partial charge in [0.15, 0.2) is 6.10 Å². The van der Waals surface area contributed by atoms with Crippen LogP contribution in [0.3, 0.4) is 0 Å². The predicted octanol–water partition coefficient (Wildman–Crippen LogP) is 21.9. The Hall–Kier alpha value is -1.59. The standard InChI is InChI=1S/C65H126O6/c1-4-7-10-13-16-19-22-25-27-29-31-33-35-37-40-43-46-49-52-55-58-64(67)70-61-62(60-69-63(66)57-54-51-48-45-42-39-24-21-18-15-12-9-6-3)71-65(68)59-56-53-50-47-44-41-38-36-34-32-30-28-26-23-20-17-14-11-8-5-2/h62H,4-61H2,1-3H3. The quantitative estimate of drug-likeness (QED) is 0.0343. The smallest absolute Gasteiger partial charge is 0.306 e. The van der Waals surface area contributed by atoms with Crippen molar-refractivity contribution in [3.63, 3.8) is 0 Å². The zero-order valence-corrected chi connectivity index (χ0v) is 48.5. The Morgan fingerprint density at radius 1 is 0.225 bits per heavy atom. The molecule has 0 fully saturated rings. The molecule has 1 atom stereocenters. The van der Waals surface area contributed by atoms with Crippen LogP contribution in [0.4, 0.5) is 0 Å². The molecule has 422 valence electrons. The third kappa shape index (κ3) is 59.2. The summed E-state index contributed by atoms with van der Waals surface area (Å²) in [5.74, 6) is -0.824. The fourth-order valence-corrected chi connectivity index (χ4v) is 10.2. The molecular formula is C65H126O6. The van der Waals surface area contributed by atoms with Crippen LogP contribution >= 0.6 is 0 Å². The summed E-state index contributed by atoms with van der Waals surface area (Å²) in [6.45, 7) is 6.73. The molecule has 0 aromatic carbocycles. The molecule has 6 heteroatoms. The Balaban J connectivity index is 4.24. The largest absolute Gasteiger partial charge is 0.462 e. The molecule has 0 aliphatic rings. The van der Waals surface area contributed by atoms with E-state index < -0.39 is 6.10 Å². The second-order valence-corrected chi connectivity index (χ2v) is 22.4. The number of esters is 3. The van der Waals surface area contributed by atoms with Crippen LogP contribution in [0.25, 0.3) is 0 Å². The van der Waals surface area contributed by atoms with E-state index in [2.05, 4.69) is 20.8 Å². The number of ether oxygens (including phenoxy) is 3. The van der Waals surface area contributed by atoms with Gasteiger partial charge >= 0.3 is 17.9 Å². The molecule has 0 radical (unpaired) electrons. The van der Waals surface area contributed by atoms with Crippen molar-refractivity contribution < 1.29 is 28.6 Å². The van der Waals surface area contributed by atoms with Crippen molar-refractivity contribution in [1.29, 1.82) is 0 Å². The predicted molar refractivity (Wildman–Crippen MR) is 307 cm³/mol. The van der Waals surface area contributed by atoms with Crippen molar-refractivity contribution >= 4 is 17.9 Å². The third-order valence-corrected chi connectivity index (χ3v) is 15.1. The molecule has 6 nitrogen and oxygen atoms in total.